The average molecular weight is 394 g/mol. The first-order valence-corrected chi connectivity index (χ1v) is 8.85. The number of rotatable bonds is 4. The van der Waals surface area contributed by atoms with Crippen LogP contribution in [0.3, 0.4) is 0 Å². The smallest absolute Gasteiger partial charge is 0.337 e. The highest BCUT2D eigenvalue weighted by molar-refractivity contribution is 5.89. The zero-order valence-corrected chi connectivity index (χ0v) is 16.3. The van der Waals surface area contributed by atoms with E-state index < -0.39 is 0 Å². The van der Waals surface area contributed by atoms with Crippen molar-refractivity contribution in [2.75, 3.05) is 47.6 Å². The third-order valence-corrected chi connectivity index (χ3v) is 4.92. The van der Waals surface area contributed by atoms with Crippen molar-refractivity contribution < 1.29 is 33.7 Å². The average Bonchev–Trinajstić information content (AvgIpc) is 2.87. The van der Waals surface area contributed by atoms with Gasteiger partial charge in [-0.2, -0.15) is 0 Å². The molecule has 0 aromatic heterocycles. The quantitative estimate of drug-likeness (QED) is 0.580. The standard InChI is InChI=1S/C18H24N2O5.CH2O2/c1-19-15-9-20(8-14(17(19)21)10-25-11-15)7-13-6-12(18(22)24-3)4-5-16(13)23-2;2-1-3/h4-6,14-15H,7-11H2,1-3H3;1H,(H,2,3)/t14-,15+;/m1./s1. The van der Waals surface area contributed by atoms with Crippen molar-refractivity contribution in [3.8, 4) is 5.75 Å². The number of ether oxygens (including phenoxy) is 3. The summed E-state index contributed by atoms with van der Waals surface area (Å²) in [5.74, 6) is 0.325. The van der Waals surface area contributed by atoms with Crippen molar-refractivity contribution >= 4 is 18.3 Å². The molecule has 9 nitrogen and oxygen atoms in total. The Morgan fingerprint density at radius 1 is 1.32 bits per heavy atom. The van der Waals surface area contributed by atoms with E-state index in [0.717, 1.165) is 17.9 Å². The molecule has 1 N–H and O–H groups in total. The van der Waals surface area contributed by atoms with E-state index in [9.17, 15) is 9.59 Å². The van der Waals surface area contributed by atoms with Crippen molar-refractivity contribution in [1.29, 1.82) is 0 Å². The molecule has 154 valence electrons. The Bertz CT molecular complexity index is 710. The van der Waals surface area contributed by atoms with E-state index in [1.165, 1.54) is 7.11 Å². The molecule has 2 aliphatic rings. The first-order chi connectivity index (χ1) is 13.4. The monoisotopic (exact) mass is 394 g/mol. The summed E-state index contributed by atoms with van der Waals surface area (Å²) in [5, 5.41) is 6.89. The SMILES string of the molecule is COC(=O)c1ccc(OC)c(CN2C[C@@H]3COC[C@H](C2)N(C)C3=O)c1.O=CO. The molecule has 0 unspecified atom stereocenters. The number of benzene rings is 1. The molecule has 0 spiro atoms. The van der Waals surface area contributed by atoms with Gasteiger partial charge in [-0.15, -0.1) is 0 Å². The third kappa shape index (κ3) is 4.99. The molecule has 2 bridgehead atoms. The van der Waals surface area contributed by atoms with E-state index in [4.69, 9.17) is 24.1 Å². The second-order valence-electron chi connectivity index (χ2n) is 6.66. The van der Waals surface area contributed by atoms with Crippen molar-refractivity contribution in [3.05, 3.63) is 29.3 Å². The summed E-state index contributed by atoms with van der Waals surface area (Å²) in [5.41, 5.74) is 1.39. The summed E-state index contributed by atoms with van der Waals surface area (Å²) in [6, 6.07) is 5.31. The summed E-state index contributed by atoms with van der Waals surface area (Å²) < 4.78 is 15.9. The lowest BCUT2D eigenvalue weighted by Gasteiger charge is -2.29. The highest BCUT2D eigenvalue weighted by Gasteiger charge is 2.37. The van der Waals surface area contributed by atoms with Gasteiger partial charge in [0.05, 0.1) is 45.0 Å². The number of carbonyl (C=O) groups is 3. The van der Waals surface area contributed by atoms with Crippen molar-refractivity contribution in [2.24, 2.45) is 5.92 Å². The molecular formula is C19H26N2O7. The third-order valence-electron chi connectivity index (χ3n) is 4.92. The van der Waals surface area contributed by atoms with Gasteiger partial charge in [0.2, 0.25) is 5.91 Å². The summed E-state index contributed by atoms with van der Waals surface area (Å²) in [6.07, 6.45) is 0. The maximum Gasteiger partial charge on any atom is 0.337 e. The number of carbonyl (C=O) groups excluding carboxylic acids is 2. The molecule has 2 aliphatic heterocycles. The molecule has 2 saturated heterocycles. The number of methoxy groups -OCH3 is 2. The lowest BCUT2D eigenvalue weighted by molar-refractivity contribution is -0.134. The van der Waals surface area contributed by atoms with Crippen LogP contribution >= 0.6 is 0 Å². The second kappa shape index (κ2) is 10.0. The number of hydrogen-bond donors (Lipinski definition) is 1. The van der Waals surface area contributed by atoms with Crippen LogP contribution in [0.15, 0.2) is 18.2 Å². The Morgan fingerprint density at radius 3 is 2.68 bits per heavy atom. The number of hydrogen-bond acceptors (Lipinski definition) is 7. The molecule has 0 saturated carbocycles. The van der Waals surface area contributed by atoms with Gasteiger partial charge >= 0.3 is 5.97 Å². The first kappa shape index (κ1) is 21.6. The fraction of sp³-hybridized carbons (Fsp3) is 0.526. The van der Waals surface area contributed by atoms with E-state index in [2.05, 4.69) is 4.90 Å². The Kier molecular flexibility index (Phi) is 7.77. The largest absolute Gasteiger partial charge is 0.496 e. The maximum absolute atomic E-state index is 12.5. The van der Waals surface area contributed by atoms with Gasteiger partial charge < -0.3 is 24.2 Å². The Hall–Kier alpha value is -2.65. The number of esters is 1. The van der Waals surface area contributed by atoms with E-state index >= 15 is 0 Å². The van der Waals surface area contributed by atoms with Crippen LogP contribution in [0.1, 0.15) is 15.9 Å². The van der Waals surface area contributed by atoms with Crippen molar-refractivity contribution in [2.45, 2.75) is 12.6 Å². The number of amides is 1. The van der Waals surface area contributed by atoms with Gasteiger partial charge in [-0.05, 0) is 18.2 Å². The Labute approximate surface area is 163 Å². The van der Waals surface area contributed by atoms with Crippen LogP contribution in [0.2, 0.25) is 0 Å². The van der Waals surface area contributed by atoms with E-state index in [1.807, 2.05) is 7.05 Å². The molecule has 28 heavy (non-hydrogen) atoms. The summed E-state index contributed by atoms with van der Waals surface area (Å²) in [6.45, 7) is 2.71. The zero-order valence-electron chi connectivity index (χ0n) is 16.3. The van der Waals surface area contributed by atoms with Gasteiger partial charge in [-0.3, -0.25) is 14.5 Å². The number of fused-ring (bicyclic) bond motifs is 3. The van der Waals surface area contributed by atoms with Gasteiger partial charge in [0.25, 0.3) is 6.47 Å². The van der Waals surface area contributed by atoms with Crippen molar-refractivity contribution in [1.82, 2.24) is 9.80 Å². The molecule has 1 aromatic carbocycles. The summed E-state index contributed by atoms with van der Waals surface area (Å²) in [4.78, 5) is 36.7. The summed E-state index contributed by atoms with van der Waals surface area (Å²) >= 11 is 0. The van der Waals surface area contributed by atoms with Crippen LogP contribution < -0.4 is 4.74 Å². The molecule has 2 heterocycles. The summed E-state index contributed by atoms with van der Waals surface area (Å²) in [7, 11) is 4.82. The van der Waals surface area contributed by atoms with Crippen LogP contribution in [0.4, 0.5) is 0 Å². The maximum atomic E-state index is 12.5. The first-order valence-electron chi connectivity index (χ1n) is 8.85. The lowest BCUT2D eigenvalue weighted by atomic mass is 10.1. The minimum atomic E-state index is -0.375. The van der Waals surface area contributed by atoms with Gasteiger partial charge in [0, 0.05) is 32.2 Å². The molecule has 1 aromatic rings. The molecular weight excluding hydrogens is 368 g/mol. The van der Waals surface area contributed by atoms with Crippen LogP contribution in [-0.2, 0) is 25.6 Å². The topological polar surface area (TPSA) is 106 Å². The van der Waals surface area contributed by atoms with Gasteiger partial charge in [-0.25, -0.2) is 4.79 Å². The fourth-order valence-corrected chi connectivity index (χ4v) is 3.50. The predicted octanol–water partition coefficient (Wildman–Crippen LogP) is 0.472. The van der Waals surface area contributed by atoms with Gasteiger partial charge in [-0.1, -0.05) is 0 Å². The van der Waals surface area contributed by atoms with Crippen LogP contribution in [-0.4, -0.2) is 86.9 Å². The minimum absolute atomic E-state index is 0.0368. The molecule has 0 radical (unpaired) electrons. The number of likely N-dealkylation sites (N-methyl/N-ethyl adjacent to an activating group) is 1. The van der Waals surface area contributed by atoms with Crippen LogP contribution in [0, 0.1) is 5.92 Å². The van der Waals surface area contributed by atoms with Gasteiger partial charge in [0.1, 0.15) is 5.75 Å². The number of carboxylic acid groups (broad SMARTS) is 1. The number of nitrogens with zero attached hydrogens (tertiary/aromatic N) is 2. The second-order valence-corrected chi connectivity index (χ2v) is 6.66. The molecule has 9 heteroatoms. The highest BCUT2D eigenvalue weighted by atomic mass is 16.5. The van der Waals surface area contributed by atoms with E-state index in [0.29, 0.717) is 31.9 Å². The normalized spacial score (nSPS) is 21.8. The van der Waals surface area contributed by atoms with Crippen LogP contribution in [0.5, 0.6) is 5.75 Å². The molecule has 0 aliphatic carbocycles. The van der Waals surface area contributed by atoms with Crippen LogP contribution in [0.25, 0.3) is 0 Å². The fourth-order valence-electron chi connectivity index (χ4n) is 3.50. The van der Waals surface area contributed by atoms with Gasteiger partial charge in [0.15, 0.2) is 0 Å². The lowest BCUT2D eigenvalue weighted by Crippen LogP contribution is -2.42. The highest BCUT2D eigenvalue weighted by Crippen LogP contribution is 2.26. The van der Waals surface area contributed by atoms with Crippen molar-refractivity contribution in [3.63, 3.8) is 0 Å². The van der Waals surface area contributed by atoms with E-state index in [-0.39, 0.29) is 30.3 Å². The molecule has 3 rings (SSSR count). The Morgan fingerprint density at radius 2 is 2.04 bits per heavy atom. The molecule has 1 amide bonds. The predicted molar refractivity (Wildman–Crippen MR) is 99.2 cm³/mol. The zero-order chi connectivity index (χ0) is 20.7. The Balaban J connectivity index is 0.000000878. The minimum Gasteiger partial charge on any atom is -0.496 e. The molecule has 2 fully saturated rings. The molecule has 2 atom stereocenters. The van der Waals surface area contributed by atoms with E-state index in [1.54, 1.807) is 30.2 Å².